The van der Waals surface area contributed by atoms with Crippen molar-refractivity contribution in [1.29, 1.82) is 0 Å². The molecule has 0 atom stereocenters. The zero-order chi connectivity index (χ0) is 17.9. The summed E-state index contributed by atoms with van der Waals surface area (Å²) in [5.74, 6) is 0.165. The summed E-state index contributed by atoms with van der Waals surface area (Å²) >= 11 is 0. The van der Waals surface area contributed by atoms with E-state index in [4.69, 9.17) is 9.47 Å². The summed E-state index contributed by atoms with van der Waals surface area (Å²) in [5, 5.41) is 2.67. The highest BCUT2D eigenvalue weighted by molar-refractivity contribution is 5.67. The Bertz CT molecular complexity index is 701. The Kier molecular flexibility index (Phi) is 7.50. The number of nitrogens with one attached hydrogen (secondary N) is 1. The van der Waals surface area contributed by atoms with E-state index in [2.05, 4.69) is 5.32 Å². The Morgan fingerprint density at radius 1 is 1.20 bits per heavy atom. The minimum absolute atomic E-state index is 0.242. The lowest BCUT2D eigenvalue weighted by Gasteiger charge is -2.06. The fourth-order valence-corrected chi connectivity index (χ4v) is 2.18. The van der Waals surface area contributed by atoms with E-state index in [0.29, 0.717) is 25.3 Å². The van der Waals surface area contributed by atoms with Crippen LogP contribution in [0.2, 0.25) is 0 Å². The number of carbonyl (C=O) groups excluding carboxylic acids is 1. The number of hydrogen-bond acceptors (Lipinski definition) is 3. The summed E-state index contributed by atoms with van der Waals surface area (Å²) in [6, 6.07) is 14.0. The van der Waals surface area contributed by atoms with Crippen LogP contribution >= 0.6 is 0 Å². The third kappa shape index (κ3) is 7.08. The van der Waals surface area contributed by atoms with E-state index < -0.39 is 6.09 Å². The molecule has 1 N–H and O–H groups in total. The van der Waals surface area contributed by atoms with Crippen molar-refractivity contribution in [2.75, 3.05) is 13.2 Å². The normalized spacial score (nSPS) is 10.6. The van der Waals surface area contributed by atoms with Gasteiger partial charge in [0.15, 0.2) is 0 Å². The monoisotopic (exact) mass is 343 g/mol. The van der Waals surface area contributed by atoms with Crippen LogP contribution in [0.4, 0.5) is 9.18 Å². The number of amides is 1. The average Bonchev–Trinajstić information content (AvgIpc) is 2.60. The Balaban J connectivity index is 1.70. The molecule has 4 nitrogen and oxygen atoms in total. The van der Waals surface area contributed by atoms with Gasteiger partial charge in [0.1, 0.15) is 18.2 Å². The Morgan fingerprint density at radius 3 is 2.76 bits per heavy atom. The van der Waals surface area contributed by atoms with Gasteiger partial charge in [0.05, 0.1) is 6.61 Å². The lowest BCUT2D eigenvalue weighted by atomic mass is 10.2. The second-order valence-electron chi connectivity index (χ2n) is 5.33. The summed E-state index contributed by atoms with van der Waals surface area (Å²) in [5.41, 5.74) is 1.66. The Labute approximate surface area is 147 Å². The second-order valence-corrected chi connectivity index (χ2v) is 5.33. The Hall–Kier alpha value is -2.82. The molecule has 0 bridgehead atoms. The molecule has 132 valence electrons. The first-order valence-corrected chi connectivity index (χ1v) is 8.22. The van der Waals surface area contributed by atoms with Crippen molar-refractivity contribution in [1.82, 2.24) is 5.32 Å². The average molecular weight is 343 g/mol. The molecule has 0 radical (unpaired) electrons. The standard InChI is InChI=1S/C20H22FNO3/c1-2-24-19-13-17(12-18(21)14-19)10-6-7-11-22-20(23)25-15-16-8-4-3-5-9-16/h3-6,8-10,12-14H,2,7,11,15H2,1H3,(H,22,23). The molecule has 0 aromatic heterocycles. The third-order valence-electron chi connectivity index (χ3n) is 3.31. The molecule has 2 aromatic rings. The maximum Gasteiger partial charge on any atom is 0.407 e. The third-order valence-corrected chi connectivity index (χ3v) is 3.31. The molecule has 2 aromatic carbocycles. The highest BCUT2D eigenvalue weighted by Gasteiger charge is 2.01. The van der Waals surface area contributed by atoms with Gasteiger partial charge in [-0.25, -0.2) is 9.18 Å². The van der Waals surface area contributed by atoms with Crippen LogP contribution in [0.3, 0.4) is 0 Å². The number of ether oxygens (including phenoxy) is 2. The van der Waals surface area contributed by atoms with Crippen LogP contribution in [0.5, 0.6) is 5.75 Å². The van der Waals surface area contributed by atoms with Crippen molar-refractivity contribution in [2.24, 2.45) is 0 Å². The van der Waals surface area contributed by atoms with E-state index in [1.807, 2.05) is 43.3 Å². The summed E-state index contributed by atoms with van der Waals surface area (Å²) in [6.07, 6.45) is 3.81. The van der Waals surface area contributed by atoms with Gasteiger partial charge in [-0.15, -0.1) is 0 Å². The molecular weight excluding hydrogens is 321 g/mol. The molecule has 0 aliphatic heterocycles. The number of carbonyl (C=O) groups is 1. The highest BCUT2D eigenvalue weighted by atomic mass is 19.1. The van der Waals surface area contributed by atoms with Gasteiger partial charge in [-0.3, -0.25) is 0 Å². The van der Waals surface area contributed by atoms with E-state index >= 15 is 0 Å². The SMILES string of the molecule is CCOc1cc(F)cc(C=CCCNC(=O)OCc2ccccc2)c1. The van der Waals surface area contributed by atoms with E-state index in [1.54, 1.807) is 12.1 Å². The number of hydrogen-bond donors (Lipinski definition) is 1. The lowest BCUT2D eigenvalue weighted by molar-refractivity contribution is 0.140. The van der Waals surface area contributed by atoms with Crippen LogP contribution in [0, 0.1) is 5.82 Å². The van der Waals surface area contributed by atoms with Crippen molar-refractivity contribution < 1.29 is 18.7 Å². The zero-order valence-electron chi connectivity index (χ0n) is 14.2. The molecule has 5 heteroatoms. The minimum Gasteiger partial charge on any atom is -0.494 e. The van der Waals surface area contributed by atoms with E-state index in [0.717, 1.165) is 11.1 Å². The van der Waals surface area contributed by atoms with Gasteiger partial charge >= 0.3 is 6.09 Å². The van der Waals surface area contributed by atoms with Crippen molar-refractivity contribution in [3.63, 3.8) is 0 Å². The molecule has 25 heavy (non-hydrogen) atoms. The van der Waals surface area contributed by atoms with E-state index in [-0.39, 0.29) is 12.4 Å². The van der Waals surface area contributed by atoms with Crippen LogP contribution in [0.25, 0.3) is 6.08 Å². The number of benzene rings is 2. The van der Waals surface area contributed by atoms with E-state index in [1.165, 1.54) is 12.1 Å². The molecular formula is C20H22FNO3. The maximum atomic E-state index is 13.5. The smallest absolute Gasteiger partial charge is 0.407 e. The van der Waals surface area contributed by atoms with Crippen molar-refractivity contribution in [3.8, 4) is 5.75 Å². The maximum absolute atomic E-state index is 13.5. The number of alkyl carbamates (subject to hydrolysis) is 1. The summed E-state index contributed by atoms with van der Waals surface area (Å²) < 4.78 is 23.9. The van der Waals surface area contributed by atoms with Crippen molar-refractivity contribution in [3.05, 3.63) is 71.6 Å². The van der Waals surface area contributed by atoms with Gasteiger partial charge in [0, 0.05) is 12.6 Å². The fourth-order valence-electron chi connectivity index (χ4n) is 2.18. The van der Waals surface area contributed by atoms with Gasteiger partial charge in [0.25, 0.3) is 0 Å². The van der Waals surface area contributed by atoms with Crippen LogP contribution < -0.4 is 10.1 Å². The molecule has 0 spiro atoms. The largest absolute Gasteiger partial charge is 0.494 e. The van der Waals surface area contributed by atoms with Gasteiger partial charge < -0.3 is 14.8 Å². The summed E-state index contributed by atoms with van der Waals surface area (Å²) in [6.45, 7) is 3.02. The van der Waals surface area contributed by atoms with Crippen molar-refractivity contribution in [2.45, 2.75) is 20.0 Å². The number of halogens is 1. The molecule has 0 aliphatic rings. The molecule has 0 saturated carbocycles. The van der Waals surface area contributed by atoms with Gasteiger partial charge in [-0.05, 0) is 36.6 Å². The Morgan fingerprint density at radius 2 is 2.00 bits per heavy atom. The highest BCUT2D eigenvalue weighted by Crippen LogP contribution is 2.17. The van der Waals surface area contributed by atoms with Crippen LogP contribution in [0.15, 0.2) is 54.6 Å². The van der Waals surface area contributed by atoms with Gasteiger partial charge in [-0.2, -0.15) is 0 Å². The molecule has 0 unspecified atom stereocenters. The molecule has 0 heterocycles. The first kappa shape index (κ1) is 18.5. The molecule has 1 amide bonds. The predicted octanol–water partition coefficient (Wildman–Crippen LogP) is 4.55. The van der Waals surface area contributed by atoms with Crippen LogP contribution in [-0.4, -0.2) is 19.2 Å². The summed E-state index contributed by atoms with van der Waals surface area (Å²) in [7, 11) is 0. The van der Waals surface area contributed by atoms with Crippen LogP contribution in [-0.2, 0) is 11.3 Å². The van der Waals surface area contributed by atoms with Crippen molar-refractivity contribution >= 4 is 12.2 Å². The molecule has 0 saturated heterocycles. The second kappa shape index (κ2) is 10.1. The first-order chi connectivity index (χ1) is 12.2. The molecule has 0 fully saturated rings. The quantitative estimate of drug-likeness (QED) is 0.715. The van der Waals surface area contributed by atoms with E-state index in [9.17, 15) is 9.18 Å². The minimum atomic E-state index is -0.457. The lowest BCUT2D eigenvalue weighted by Crippen LogP contribution is -2.24. The predicted molar refractivity (Wildman–Crippen MR) is 95.8 cm³/mol. The van der Waals surface area contributed by atoms with Crippen LogP contribution in [0.1, 0.15) is 24.5 Å². The topological polar surface area (TPSA) is 47.6 Å². The summed E-state index contributed by atoms with van der Waals surface area (Å²) in [4.78, 5) is 11.6. The first-order valence-electron chi connectivity index (χ1n) is 8.22. The number of rotatable bonds is 8. The zero-order valence-corrected chi connectivity index (χ0v) is 14.2. The molecule has 2 rings (SSSR count). The fraction of sp³-hybridized carbons (Fsp3) is 0.250. The van der Waals surface area contributed by atoms with Gasteiger partial charge in [-0.1, -0.05) is 42.5 Å². The van der Waals surface area contributed by atoms with Gasteiger partial charge in [0.2, 0.25) is 0 Å². The molecule has 0 aliphatic carbocycles.